The lowest BCUT2D eigenvalue weighted by Crippen LogP contribution is -2.39. The molecule has 0 unspecified atom stereocenters. The Morgan fingerprint density at radius 2 is 2.05 bits per heavy atom. The Hall–Kier alpha value is -0.0400. The van der Waals surface area contributed by atoms with Crippen LogP contribution in [0.15, 0.2) is 21.1 Å². The standard InChI is InChI=1S/C14H22N4S2.2ClH/c1-13(2)7-15-11(16-8-13)19-5-10-6-20-12-17-14(3,4)9-18(10)12;;/h6H,5,7-9H2,1-4H3,(H,15,16);2*1H. The molecule has 0 saturated heterocycles. The fourth-order valence-electron chi connectivity index (χ4n) is 2.37. The van der Waals surface area contributed by atoms with Crippen molar-refractivity contribution in [1.29, 1.82) is 0 Å². The lowest BCUT2D eigenvalue weighted by atomic mass is 9.93. The smallest absolute Gasteiger partial charge is 0.168 e. The molecule has 126 valence electrons. The third-order valence-corrected chi connectivity index (χ3v) is 5.45. The molecule has 0 spiro atoms. The van der Waals surface area contributed by atoms with Gasteiger partial charge in [0.15, 0.2) is 10.3 Å². The van der Waals surface area contributed by atoms with Crippen LogP contribution in [-0.4, -0.2) is 46.2 Å². The lowest BCUT2D eigenvalue weighted by Gasteiger charge is -2.29. The first-order valence-corrected chi connectivity index (χ1v) is 8.85. The fraction of sp³-hybridized carbons (Fsp3) is 0.714. The molecular weight excluding hydrogens is 359 g/mol. The first kappa shape index (κ1) is 20.0. The molecule has 4 nitrogen and oxygen atoms in total. The van der Waals surface area contributed by atoms with Crippen molar-refractivity contribution in [3.05, 3.63) is 11.1 Å². The molecule has 0 radical (unpaired) electrons. The highest BCUT2D eigenvalue weighted by molar-refractivity contribution is 8.17. The molecule has 0 fully saturated rings. The third-order valence-electron chi connectivity index (χ3n) is 3.55. The minimum absolute atomic E-state index is 0. The van der Waals surface area contributed by atoms with Gasteiger partial charge >= 0.3 is 0 Å². The Bertz CT molecular complexity index is 515. The Kier molecular flexibility index (Phi) is 6.58. The molecule has 0 aliphatic carbocycles. The summed E-state index contributed by atoms with van der Waals surface area (Å²) >= 11 is 3.56. The summed E-state index contributed by atoms with van der Waals surface area (Å²) in [5.74, 6) is 0.967. The molecule has 22 heavy (non-hydrogen) atoms. The quantitative estimate of drug-likeness (QED) is 0.791. The van der Waals surface area contributed by atoms with E-state index >= 15 is 0 Å². The van der Waals surface area contributed by atoms with E-state index in [4.69, 9.17) is 4.99 Å². The van der Waals surface area contributed by atoms with Gasteiger partial charge in [0, 0.05) is 36.5 Å². The zero-order chi connectivity index (χ0) is 14.4. The van der Waals surface area contributed by atoms with Gasteiger partial charge in [-0.05, 0) is 19.3 Å². The number of rotatable bonds is 2. The molecule has 3 heterocycles. The van der Waals surface area contributed by atoms with E-state index in [9.17, 15) is 0 Å². The minimum Gasteiger partial charge on any atom is -0.364 e. The summed E-state index contributed by atoms with van der Waals surface area (Å²) in [6, 6.07) is 0. The number of halogens is 2. The van der Waals surface area contributed by atoms with E-state index in [1.807, 2.05) is 0 Å². The van der Waals surface area contributed by atoms with Crippen LogP contribution in [0.5, 0.6) is 0 Å². The second kappa shape index (κ2) is 7.24. The van der Waals surface area contributed by atoms with Crippen molar-refractivity contribution in [2.24, 2.45) is 15.4 Å². The van der Waals surface area contributed by atoms with Crippen molar-refractivity contribution in [3.8, 4) is 0 Å². The van der Waals surface area contributed by atoms with E-state index in [0.29, 0.717) is 0 Å². The van der Waals surface area contributed by atoms with Crippen LogP contribution in [0.4, 0.5) is 0 Å². The van der Waals surface area contributed by atoms with E-state index in [0.717, 1.165) is 35.7 Å². The van der Waals surface area contributed by atoms with Gasteiger partial charge in [-0.2, -0.15) is 0 Å². The van der Waals surface area contributed by atoms with Crippen molar-refractivity contribution in [2.75, 3.05) is 25.4 Å². The first-order chi connectivity index (χ1) is 9.35. The summed E-state index contributed by atoms with van der Waals surface area (Å²) in [6.45, 7) is 11.8. The summed E-state index contributed by atoms with van der Waals surface area (Å²) in [5, 5.41) is 7.91. The molecule has 1 N–H and O–H groups in total. The van der Waals surface area contributed by atoms with E-state index in [2.05, 4.69) is 48.3 Å². The molecule has 8 heteroatoms. The number of hydrogen-bond acceptors (Lipinski definition) is 6. The largest absolute Gasteiger partial charge is 0.364 e. The monoisotopic (exact) mass is 382 g/mol. The average Bonchev–Trinajstić information content (AvgIpc) is 2.83. The highest BCUT2D eigenvalue weighted by Gasteiger charge is 2.36. The molecule has 3 aliphatic heterocycles. The average molecular weight is 383 g/mol. The van der Waals surface area contributed by atoms with Crippen LogP contribution in [0.3, 0.4) is 0 Å². The topological polar surface area (TPSA) is 40.0 Å². The fourth-order valence-corrected chi connectivity index (χ4v) is 4.39. The highest BCUT2D eigenvalue weighted by Crippen LogP contribution is 2.36. The number of hydrogen-bond donors (Lipinski definition) is 1. The molecule has 0 saturated carbocycles. The second-order valence-corrected chi connectivity index (χ2v) is 8.75. The van der Waals surface area contributed by atoms with Gasteiger partial charge in [0.1, 0.15) is 0 Å². The third kappa shape index (κ3) is 4.49. The summed E-state index contributed by atoms with van der Waals surface area (Å²) in [7, 11) is 0. The Morgan fingerprint density at radius 3 is 2.68 bits per heavy atom. The predicted molar refractivity (Wildman–Crippen MR) is 105 cm³/mol. The van der Waals surface area contributed by atoms with Gasteiger partial charge in [-0.25, -0.2) is 0 Å². The van der Waals surface area contributed by atoms with Crippen LogP contribution >= 0.6 is 48.3 Å². The minimum atomic E-state index is 0. The van der Waals surface area contributed by atoms with Crippen LogP contribution in [0, 0.1) is 5.41 Å². The second-order valence-electron chi connectivity index (χ2n) is 6.95. The summed E-state index contributed by atoms with van der Waals surface area (Å²) in [6.07, 6.45) is 0. The van der Waals surface area contributed by atoms with Gasteiger partial charge in [0.25, 0.3) is 0 Å². The van der Waals surface area contributed by atoms with Crippen molar-refractivity contribution in [3.63, 3.8) is 0 Å². The van der Waals surface area contributed by atoms with E-state index < -0.39 is 0 Å². The van der Waals surface area contributed by atoms with Gasteiger partial charge < -0.3 is 10.2 Å². The van der Waals surface area contributed by atoms with E-state index in [-0.39, 0.29) is 35.8 Å². The summed E-state index contributed by atoms with van der Waals surface area (Å²) < 4.78 is 0. The van der Waals surface area contributed by atoms with Crippen LogP contribution in [0.25, 0.3) is 0 Å². The van der Waals surface area contributed by atoms with E-state index in [1.54, 1.807) is 23.5 Å². The van der Waals surface area contributed by atoms with Gasteiger partial charge in [-0.15, -0.1) is 24.8 Å². The van der Waals surface area contributed by atoms with Crippen LogP contribution in [-0.2, 0) is 0 Å². The molecule has 0 bridgehead atoms. The Morgan fingerprint density at radius 1 is 1.32 bits per heavy atom. The van der Waals surface area contributed by atoms with E-state index in [1.165, 1.54) is 5.70 Å². The van der Waals surface area contributed by atoms with Gasteiger partial charge in [0.2, 0.25) is 0 Å². The zero-order valence-corrected chi connectivity index (χ0v) is 16.6. The van der Waals surface area contributed by atoms with Crippen molar-refractivity contribution >= 4 is 58.7 Å². The maximum Gasteiger partial charge on any atom is 0.168 e. The molecule has 3 rings (SSSR count). The SMILES string of the molecule is CC1(C)CN=C(SCC2=CSC3=NC(C)(C)CN23)NC1.Cl.Cl. The molecule has 0 aromatic rings. The maximum absolute atomic E-state index is 4.74. The zero-order valence-electron chi connectivity index (χ0n) is 13.4. The molecule has 0 aromatic heterocycles. The molecule has 0 amide bonds. The molecule has 0 atom stereocenters. The normalized spacial score (nSPS) is 24.2. The van der Waals surface area contributed by atoms with Crippen molar-refractivity contribution in [1.82, 2.24) is 10.2 Å². The first-order valence-electron chi connectivity index (χ1n) is 6.99. The van der Waals surface area contributed by atoms with Crippen molar-refractivity contribution < 1.29 is 0 Å². The number of aliphatic imine (C=N–C) groups is 2. The lowest BCUT2D eigenvalue weighted by molar-refractivity contribution is 0.364. The Labute approximate surface area is 153 Å². The predicted octanol–water partition coefficient (Wildman–Crippen LogP) is 3.59. The number of thioether (sulfide) groups is 2. The molecule has 3 aliphatic rings. The van der Waals surface area contributed by atoms with Gasteiger partial charge in [-0.1, -0.05) is 37.4 Å². The van der Waals surface area contributed by atoms with Gasteiger partial charge in [0.05, 0.1) is 5.54 Å². The Balaban J connectivity index is 0.00000121. The summed E-state index contributed by atoms with van der Waals surface area (Å²) in [5.41, 5.74) is 1.70. The van der Waals surface area contributed by atoms with Crippen LogP contribution in [0.2, 0.25) is 0 Å². The van der Waals surface area contributed by atoms with Crippen LogP contribution in [0.1, 0.15) is 27.7 Å². The summed E-state index contributed by atoms with van der Waals surface area (Å²) in [4.78, 5) is 11.7. The molecular formula is C14H24Cl2N4S2. The molecule has 0 aromatic carbocycles. The number of nitrogens with one attached hydrogen (secondary N) is 1. The highest BCUT2D eigenvalue weighted by atomic mass is 35.5. The number of fused-ring (bicyclic) bond motifs is 1. The van der Waals surface area contributed by atoms with Crippen molar-refractivity contribution in [2.45, 2.75) is 33.2 Å². The van der Waals surface area contributed by atoms with Crippen LogP contribution < -0.4 is 5.32 Å². The maximum atomic E-state index is 4.74. The number of amidine groups is 2. The number of nitrogens with zero attached hydrogens (tertiary/aromatic N) is 3. The van der Waals surface area contributed by atoms with Gasteiger partial charge in [-0.3, -0.25) is 9.98 Å².